The van der Waals surface area contributed by atoms with E-state index in [0.29, 0.717) is 16.1 Å². The number of carboxylic acids is 1. The molecule has 1 aromatic carbocycles. The molecule has 3 aromatic heterocycles. The van der Waals surface area contributed by atoms with Crippen molar-refractivity contribution >= 4 is 40.4 Å². The average Bonchev–Trinajstić information content (AvgIpc) is 3.31. The maximum Gasteiger partial charge on any atom is 0.354 e. The fourth-order valence-electron chi connectivity index (χ4n) is 5.07. The van der Waals surface area contributed by atoms with Gasteiger partial charge in [-0.1, -0.05) is 44.5 Å². The second kappa shape index (κ2) is 9.89. The number of piperazine rings is 1. The number of hydrogen-bond acceptors (Lipinski definition) is 6. The first-order valence-electron chi connectivity index (χ1n) is 12.9. The maximum absolute atomic E-state index is 14.6. The number of rotatable bonds is 4. The lowest BCUT2D eigenvalue weighted by Gasteiger charge is -2.47. The van der Waals surface area contributed by atoms with Crippen molar-refractivity contribution in [1.82, 2.24) is 14.9 Å². The van der Waals surface area contributed by atoms with Crippen LogP contribution in [0.5, 0.6) is 0 Å². The van der Waals surface area contributed by atoms with Crippen molar-refractivity contribution in [3.8, 4) is 11.3 Å². The smallest absolute Gasteiger partial charge is 0.354 e. The number of carboxylic acid groups (broad SMARTS) is 1. The molecule has 0 aliphatic carbocycles. The van der Waals surface area contributed by atoms with Crippen LogP contribution < -0.4 is 4.90 Å². The first kappa shape index (κ1) is 27.6. The number of carbonyl (C=O) groups is 2. The van der Waals surface area contributed by atoms with Crippen molar-refractivity contribution in [2.24, 2.45) is 0 Å². The van der Waals surface area contributed by atoms with Gasteiger partial charge in [0.25, 0.3) is 5.91 Å². The number of furan rings is 1. The van der Waals surface area contributed by atoms with Gasteiger partial charge in [-0.25, -0.2) is 19.2 Å². The van der Waals surface area contributed by atoms with E-state index >= 15 is 0 Å². The molecule has 4 heterocycles. The van der Waals surface area contributed by atoms with Gasteiger partial charge in [0.05, 0.1) is 11.2 Å². The first-order chi connectivity index (χ1) is 18.7. The Balaban J connectivity index is 1.47. The van der Waals surface area contributed by atoms with Crippen LogP contribution in [0.3, 0.4) is 0 Å². The lowest BCUT2D eigenvalue weighted by molar-refractivity contribution is 0.0483. The zero-order valence-electron chi connectivity index (χ0n) is 23.0. The molecule has 0 spiro atoms. The van der Waals surface area contributed by atoms with Gasteiger partial charge in [0.1, 0.15) is 5.52 Å². The van der Waals surface area contributed by atoms with Gasteiger partial charge < -0.3 is 19.3 Å². The summed E-state index contributed by atoms with van der Waals surface area (Å²) < 4.78 is 20.8. The topological polar surface area (TPSA) is 99.8 Å². The van der Waals surface area contributed by atoms with Crippen LogP contribution in [0.1, 0.15) is 61.2 Å². The number of aromatic carboxylic acids is 1. The minimum atomic E-state index is -1.23. The van der Waals surface area contributed by atoms with E-state index in [2.05, 4.69) is 25.8 Å². The van der Waals surface area contributed by atoms with Crippen molar-refractivity contribution < 1.29 is 23.5 Å². The average molecular weight is 565 g/mol. The zero-order valence-corrected chi connectivity index (χ0v) is 23.7. The number of fused-ring (bicyclic) bond motifs is 1. The predicted octanol–water partition coefficient (Wildman–Crippen LogP) is 6.42. The third-order valence-electron chi connectivity index (χ3n) is 7.13. The van der Waals surface area contributed by atoms with E-state index in [1.807, 2.05) is 44.2 Å². The van der Waals surface area contributed by atoms with E-state index in [-0.39, 0.29) is 48.2 Å². The molecule has 1 amide bonds. The molecule has 40 heavy (non-hydrogen) atoms. The minimum Gasteiger partial charge on any atom is -0.477 e. The lowest BCUT2D eigenvalue weighted by Crippen LogP contribution is -2.61. The van der Waals surface area contributed by atoms with E-state index in [9.17, 15) is 19.1 Å². The quantitative estimate of drug-likeness (QED) is 0.305. The molecule has 208 valence electrons. The molecular weight excluding hydrogens is 535 g/mol. The molecule has 10 heteroatoms. The SMILES string of the molecule is CC(C)(C)c1cc(-c2ccc(Cl)cc2)nc2cc(C(=O)N3CCN(c4nc(C(=O)O)ccc4F)CC3(C)C)oc12. The van der Waals surface area contributed by atoms with Gasteiger partial charge in [-0.05, 0) is 49.6 Å². The Morgan fingerprint density at radius 1 is 1.05 bits per heavy atom. The summed E-state index contributed by atoms with van der Waals surface area (Å²) in [6, 6.07) is 13.3. The largest absolute Gasteiger partial charge is 0.477 e. The van der Waals surface area contributed by atoms with Crippen LogP contribution >= 0.6 is 11.6 Å². The summed E-state index contributed by atoms with van der Waals surface area (Å²) >= 11 is 6.08. The Kier molecular flexibility index (Phi) is 6.82. The number of amides is 1. The second-order valence-electron chi connectivity index (χ2n) is 11.6. The van der Waals surface area contributed by atoms with Gasteiger partial charge in [0.2, 0.25) is 0 Å². The third kappa shape index (κ3) is 5.13. The number of anilines is 1. The molecule has 1 saturated heterocycles. The van der Waals surface area contributed by atoms with Crippen LogP contribution in [0, 0.1) is 5.82 Å². The van der Waals surface area contributed by atoms with Crippen LogP contribution in [0.15, 0.2) is 52.9 Å². The highest BCUT2D eigenvalue weighted by molar-refractivity contribution is 6.30. The molecule has 0 saturated carbocycles. The summed E-state index contributed by atoms with van der Waals surface area (Å²) in [6.45, 7) is 10.8. The highest BCUT2D eigenvalue weighted by atomic mass is 35.5. The predicted molar refractivity (Wildman–Crippen MR) is 152 cm³/mol. The van der Waals surface area contributed by atoms with E-state index in [0.717, 1.165) is 29.0 Å². The summed E-state index contributed by atoms with van der Waals surface area (Å²) in [5.41, 5.74) is 2.44. The molecular formula is C30H30ClFN4O4. The molecule has 1 aliphatic rings. The number of nitrogens with zero attached hydrogens (tertiary/aromatic N) is 4. The van der Waals surface area contributed by atoms with Crippen molar-refractivity contribution in [3.63, 3.8) is 0 Å². The number of pyridine rings is 2. The zero-order chi connectivity index (χ0) is 29.0. The molecule has 0 unspecified atom stereocenters. The van der Waals surface area contributed by atoms with Crippen LogP contribution in [0.2, 0.25) is 5.02 Å². The molecule has 0 atom stereocenters. The van der Waals surface area contributed by atoms with Crippen LogP contribution in [-0.4, -0.2) is 57.0 Å². The number of aromatic nitrogens is 2. The maximum atomic E-state index is 14.6. The summed E-state index contributed by atoms with van der Waals surface area (Å²) in [5.74, 6) is -2.03. The first-order valence-corrected chi connectivity index (χ1v) is 13.3. The fraction of sp³-hybridized carbons (Fsp3) is 0.333. The van der Waals surface area contributed by atoms with Crippen LogP contribution in [0.4, 0.5) is 10.2 Å². The highest BCUT2D eigenvalue weighted by Crippen LogP contribution is 2.36. The molecule has 0 bridgehead atoms. The monoisotopic (exact) mass is 564 g/mol. The molecule has 1 aliphatic heterocycles. The number of halogens is 2. The summed E-state index contributed by atoms with van der Waals surface area (Å²) in [7, 11) is 0. The van der Waals surface area contributed by atoms with Crippen molar-refractivity contribution in [2.75, 3.05) is 24.5 Å². The minimum absolute atomic E-state index is 0.0439. The Hall–Kier alpha value is -3.98. The Bertz CT molecular complexity index is 1630. The Morgan fingerprint density at radius 2 is 1.75 bits per heavy atom. The lowest BCUT2D eigenvalue weighted by atomic mass is 9.86. The van der Waals surface area contributed by atoms with Crippen LogP contribution in [0.25, 0.3) is 22.4 Å². The summed E-state index contributed by atoms with van der Waals surface area (Å²) in [4.78, 5) is 37.3. The van der Waals surface area contributed by atoms with Gasteiger partial charge in [-0.3, -0.25) is 4.79 Å². The molecule has 8 nitrogen and oxygen atoms in total. The van der Waals surface area contributed by atoms with E-state index in [1.54, 1.807) is 15.9 Å². The van der Waals surface area contributed by atoms with Crippen molar-refractivity contribution in [2.45, 2.75) is 45.6 Å². The second-order valence-corrected chi connectivity index (χ2v) is 12.1. The molecule has 4 aromatic rings. The normalized spacial score (nSPS) is 15.5. The summed E-state index contributed by atoms with van der Waals surface area (Å²) in [6.07, 6.45) is 0. The standard InChI is InChI=1S/C30H30ClFN4O4/c1-29(2,3)19-14-22(17-6-8-18(31)9-7-17)33-23-15-24(40-25(19)23)27(37)36-13-12-35(16-30(36,4)5)26-20(32)10-11-21(34-26)28(38)39/h6-11,14-15H,12-13,16H2,1-5H3,(H,38,39). The number of hydrogen-bond donors (Lipinski definition) is 1. The van der Waals surface area contributed by atoms with E-state index < -0.39 is 17.3 Å². The highest BCUT2D eigenvalue weighted by Gasteiger charge is 2.40. The third-order valence-corrected chi connectivity index (χ3v) is 7.38. The fourth-order valence-corrected chi connectivity index (χ4v) is 5.20. The summed E-state index contributed by atoms with van der Waals surface area (Å²) in [5, 5.41) is 9.92. The number of carbonyl (C=O) groups excluding carboxylic acids is 1. The van der Waals surface area contributed by atoms with Gasteiger partial charge in [-0.2, -0.15) is 0 Å². The Morgan fingerprint density at radius 3 is 2.38 bits per heavy atom. The van der Waals surface area contributed by atoms with E-state index in [1.165, 1.54) is 0 Å². The molecule has 1 N–H and O–H groups in total. The number of benzene rings is 1. The van der Waals surface area contributed by atoms with Crippen LogP contribution in [-0.2, 0) is 5.41 Å². The van der Waals surface area contributed by atoms with Crippen molar-refractivity contribution in [3.05, 3.63) is 76.4 Å². The van der Waals surface area contributed by atoms with Gasteiger partial charge in [0, 0.05) is 41.9 Å². The Labute approximate surface area is 236 Å². The van der Waals surface area contributed by atoms with Gasteiger partial charge in [-0.15, -0.1) is 0 Å². The molecule has 5 rings (SSSR count). The van der Waals surface area contributed by atoms with Gasteiger partial charge >= 0.3 is 5.97 Å². The molecule has 1 fully saturated rings. The van der Waals surface area contributed by atoms with E-state index in [4.69, 9.17) is 21.0 Å². The van der Waals surface area contributed by atoms with Crippen molar-refractivity contribution in [1.29, 1.82) is 0 Å². The van der Waals surface area contributed by atoms with Gasteiger partial charge in [0.15, 0.2) is 28.7 Å². The molecule has 0 radical (unpaired) electrons.